The van der Waals surface area contributed by atoms with Gasteiger partial charge in [-0.2, -0.15) is 4.98 Å². The lowest BCUT2D eigenvalue weighted by Gasteiger charge is -2.08. The number of hydrogen-bond donors (Lipinski definition) is 0. The second-order valence-corrected chi connectivity index (χ2v) is 5.11. The first-order chi connectivity index (χ1) is 10.2. The zero-order valence-corrected chi connectivity index (χ0v) is 12.1. The number of nitrogens with zero attached hydrogens (tertiary/aromatic N) is 3. The van der Waals surface area contributed by atoms with Crippen LogP contribution in [0.25, 0.3) is 11.4 Å². The van der Waals surface area contributed by atoms with Gasteiger partial charge in [0, 0.05) is 18.0 Å². The van der Waals surface area contributed by atoms with Gasteiger partial charge in [-0.15, -0.1) is 0 Å². The lowest BCUT2D eigenvalue weighted by Crippen LogP contribution is -2.23. The molecule has 0 saturated heterocycles. The molecule has 1 saturated carbocycles. The molecule has 2 heterocycles. The maximum atomic E-state index is 12.0. The number of aromatic nitrogens is 3. The van der Waals surface area contributed by atoms with E-state index < -0.39 is 5.41 Å². The van der Waals surface area contributed by atoms with E-state index in [1.807, 2.05) is 13.0 Å². The fraction of sp³-hybridized carbons (Fsp3) is 0.467. The van der Waals surface area contributed by atoms with Crippen LogP contribution in [0.15, 0.2) is 23.0 Å². The molecule has 0 N–H and O–H groups in total. The largest absolute Gasteiger partial charge is 0.465 e. The smallest absolute Gasteiger partial charge is 0.321 e. The summed E-state index contributed by atoms with van der Waals surface area (Å²) >= 11 is 0. The average Bonchev–Trinajstić information content (AvgIpc) is 3.18. The number of hydrogen-bond acceptors (Lipinski definition) is 6. The Bertz CT molecular complexity index is 662. The second-order valence-electron chi connectivity index (χ2n) is 5.11. The van der Waals surface area contributed by atoms with Crippen LogP contribution < -0.4 is 0 Å². The molecule has 0 aliphatic heterocycles. The van der Waals surface area contributed by atoms with E-state index in [9.17, 15) is 4.79 Å². The Labute approximate surface area is 122 Å². The van der Waals surface area contributed by atoms with E-state index >= 15 is 0 Å². The zero-order valence-electron chi connectivity index (χ0n) is 12.1. The minimum atomic E-state index is -0.722. The number of carbonyl (C=O) groups excluding carboxylic acids is 1. The molecule has 0 unspecified atom stereocenters. The number of aryl methyl sites for hydroxylation is 1. The molecule has 0 bridgehead atoms. The van der Waals surface area contributed by atoms with Gasteiger partial charge in [0.2, 0.25) is 11.7 Å². The van der Waals surface area contributed by atoms with Crippen molar-refractivity contribution >= 4 is 5.97 Å². The average molecular weight is 287 g/mol. The van der Waals surface area contributed by atoms with Gasteiger partial charge in [0.15, 0.2) is 0 Å². The van der Waals surface area contributed by atoms with Gasteiger partial charge < -0.3 is 9.26 Å². The third kappa shape index (κ3) is 2.30. The van der Waals surface area contributed by atoms with Gasteiger partial charge in [-0.3, -0.25) is 9.78 Å². The van der Waals surface area contributed by atoms with E-state index in [1.165, 1.54) is 0 Å². The van der Waals surface area contributed by atoms with E-state index in [4.69, 9.17) is 9.26 Å². The summed E-state index contributed by atoms with van der Waals surface area (Å²) in [7, 11) is 0. The minimum Gasteiger partial charge on any atom is -0.465 e. The van der Waals surface area contributed by atoms with Crippen LogP contribution in [0.5, 0.6) is 0 Å². The summed E-state index contributed by atoms with van der Waals surface area (Å²) in [5.41, 5.74) is 1.22. The predicted octanol–water partition coefficient (Wildman–Crippen LogP) is 2.29. The Balaban J connectivity index is 1.92. The Morgan fingerprint density at radius 1 is 1.43 bits per heavy atom. The highest BCUT2D eigenvalue weighted by molar-refractivity contribution is 5.85. The molecule has 6 nitrogen and oxygen atoms in total. The summed E-state index contributed by atoms with van der Waals surface area (Å²) in [6.07, 6.45) is 5.72. The van der Waals surface area contributed by atoms with Crippen molar-refractivity contribution in [2.75, 3.05) is 6.61 Å². The predicted molar refractivity (Wildman–Crippen MR) is 74.5 cm³/mol. The molecule has 3 rings (SSSR count). The molecule has 1 aliphatic carbocycles. The summed E-state index contributed by atoms with van der Waals surface area (Å²) in [4.78, 5) is 20.6. The normalized spacial score (nSPS) is 15.7. The maximum Gasteiger partial charge on any atom is 0.321 e. The van der Waals surface area contributed by atoms with E-state index in [2.05, 4.69) is 15.1 Å². The molecule has 2 aromatic rings. The molecule has 2 aromatic heterocycles. The van der Waals surface area contributed by atoms with Crippen LogP contribution in [0.1, 0.15) is 38.1 Å². The lowest BCUT2D eigenvalue weighted by atomic mass is 10.1. The standard InChI is InChI=1S/C15H17N3O3/c1-3-10-9-16-8-5-11(10)12-17-13(21-18-12)15(6-7-15)14(19)20-4-2/h5,8-9H,3-4,6-7H2,1-2H3. The highest BCUT2D eigenvalue weighted by Crippen LogP contribution is 2.48. The number of carbonyl (C=O) groups is 1. The van der Waals surface area contributed by atoms with Crippen molar-refractivity contribution in [3.8, 4) is 11.4 Å². The fourth-order valence-electron chi connectivity index (χ4n) is 2.35. The van der Waals surface area contributed by atoms with Crippen molar-refractivity contribution in [1.82, 2.24) is 15.1 Å². The number of pyridine rings is 1. The van der Waals surface area contributed by atoms with Crippen LogP contribution in [0.4, 0.5) is 0 Å². The van der Waals surface area contributed by atoms with Gasteiger partial charge in [-0.05, 0) is 37.8 Å². The molecule has 21 heavy (non-hydrogen) atoms. The minimum absolute atomic E-state index is 0.273. The monoisotopic (exact) mass is 287 g/mol. The summed E-state index contributed by atoms with van der Waals surface area (Å²) in [5, 5.41) is 4.02. The van der Waals surface area contributed by atoms with Crippen LogP contribution in [-0.2, 0) is 21.4 Å². The van der Waals surface area contributed by atoms with E-state index in [0.717, 1.165) is 17.5 Å². The molecule has 6 heteroatoms. The number of esters is 1. The van der Waals surface area contributed by atoms with Crippen LogP contribution in [0, 0.1) is 0 Å². The van der Waals surface area contributed by atoms with E-state index in [0.29, 0.717) is 31.2 Å². The lowest BCUT2D eigenvalue weighted by molar-refractivity contribution is -0.146. The third-order valence-electron chi connectivity index (χ3n) is 3.78. The molecular weight excluding hydrogens is 270 g/mol. The Hall–Kier alpha value is -2.24. The first-order valence-electron chi connectivity index (χ1n) is 7.16. The highest BCUT2D eigenvalue weighted by Gasteiger charge is 2.57. The summed E-state index contributed by atoms with van der Waals surface area (Å²) in [6.45, 7) is 4.19. The third-order valence-corrected chi connectivity index (χ3v) is 3.78. The zero-order chi connectivity index (χ0) is 14.9. The van der Waals surface area contributed by atoms with Crippen LogP contribution in [0.2, 0.25) is 0 Å². The SMILES string of the molecule is CCOC(=O)C1(c2nc(-c3ccncc3CC)no2)CC1. The molecule has 0 spiro atoms. The van der Waals surface area contributed by atoms with Gasteiger partial charge in [0.1, 0.15) is 5.41 Å². The molecule has 0 radical (unpaired) electrons. The van der Waals surface area contributed by atoms with Crippen molar-refractivity contribution in [3.63, 3.8) is 0 Å². The summed E-state index contributed by atoms with van der Waals surface area (Å²) in [6, 6.07) is 1.86. The van der Waals surface area contributed by atoms with Crippen molar-refractivity contribution in [2.45, 2.75) is 38.5 Å². The van der Waals surface area contributed by atoms with Gasteiger partial charge in [-0.25, -0.2) is 0 Å². The molecule has 1 fully saturated rings. The Kier molecular flexibility index (Phi) is 3.45. The molecular formula is C15H17N3O3. The van der Waals surface area contributed by atoms with E-state index in [1.54, 1.807) is 19.3 Å². The second kappa shape index (κ2) is 5.27. The first-order valence-corrected chi connectivity index (χ1v) is 7.16. The summed E-state index contributed by atoms with van der Waals surface area (Å²) in [5.74, 6) is 0.584. The van der Waals surface area contributed by atoms with Crippen LogP contribution in [0.3, 0.4) is 0 Å². The number of ether oxygens (including phenoxy) is 1. The van der Waals surface area contributed by atoms with Gasteiger partial charge in [0.05, 0.1) is 6.61 Å². The summed E-state index contributed by atoms with van der Waals surface area (Å²) < 4.78 is 10.4. The Morgan fingerprint density at radius 2 is 2.24 bits per heavy atom. The Morgan fingerprint density at radius 3 is 2.90 bits per heavy atom. The molecule has 0 atom stereocenters. The topological polar surface area (TPSA) is 78.1 Å². The molecule has 0 amide bonds. The van der Waals surface area contributed by atoms with Gasteiger partial charge in [-0.1, -0.05) is 12.1 Å². The number of rotatable bonds is 5. The molecule has 110 valence electrons. The highest BCUT2D eigenvalue weighted by atomic mass is 16.5. The quantitative estimate of drug-likeness (QED) is 0.785. The van der Waals surface area contributed by atoms with Crippen molar-refractivity contribution in [1.29, 1.82) is 0 Å². The first kappa shape index (κ1) is 13.7. The van der Waals surface area contributed by atoms with Crippen LogP contribution in [-0.4, -0.2) is 27.7 Å². The fourth-order valence-corrected chi connectivity index (χ4v) is 2.35. The van der Waals surface area contributed by atoms with Crippen LogP contribution >= 0.6 is 0 Å². The molecule has 0 aromatic carbocycles. The van der Waals surface area contributed by atoms with Gasteiger partial charge in [0.25, 0.3) is 0 Å². The van der Waals surface area contributed by atoms with E-state index in [-0.39, 0.29) is 5.97 Å². The van der Waals surface area contributed by atoms with Gasteiger partial charge >= 0.3 is 5.97 Å². The van der Waals surface area contributed by atoms with Crippen molar-refractivity contribution in [3.05, 3.63) is 29.9 Å². The maximum absolute atomic E-state index is 12.0. The van der Waals surface area contributed by atoms with Crippen molar-refractivity contribution < 1.29 is 14.1 Å². The molecule has 1 aliphatic rings. The van der Waals surface area contributed by atoms with Crippen molar-refractivity contribution in [2.24, 2.45) is 0 Å².